The first kappa shape index (κ1) is 13.1. The van der Waals surface area contributed by atoms with Crippen LogP contribution in [0.2, 0.25) is 0 Å². The molecule has 1 aliphatic rings. The Morgan fingerprint density at radius 3 is 2.88 bits per heavy atom. The number of halogens is 1. The molecule has 0 radical (unpaired) electrons. The standard InChI is InChI=1S/C12H16BrNO2S/c1-2-3-10-9(13)8-11(17-10)12(15)14-4-6-16-7-5-14/h8H,2-7H2,1H3. The summed E-state index contributed by atoms with van der Waals surface area (Å²) >= 11 is 5.13. The molecule has 0 saturated carbocycles. The molecule has 0 unspecified atom stereocenters. The van der Waals surface area contributed by atoms with Crippen molar-refractivity contribution in [2.75, 3.05) is 26.3 Å². The molecule has 0 aromatic carbocycles. The van der Waals surface area contributed by atoms with Crippen molar-refractivity contribution in [1.29, 1.82) is 0 Å². The SMILES string of the molecule is CCCc1sc(C(=O)N2CCOCC2)cc1Br. The predicted octanol–water partition coefficient (Wildman–Crippen LogP) is 2.94. The molecule has 94 valence electrons. The van der Waals surface area contributed by atoms with Gasteiger partial charge in [0.1, 0.15) is 0 Å². The van der Waals surface area contributed by atoms with Gasteiger partial charge in [0.15, 0.2) is 0 Å². The van der Waals surface area contributed by atoms with Crippen LogP contribution in [-0.2, 0) is 11.2 Å². The van der Waals surface area contributed by atoms with Crippen molar-refractivity contribution >= 4 is 33.2 Å². The minimum atomic E-state index is 0.140. The number of carbonyl (C=O) groups is 1. The number of ether oxygens (including phenoxy) is 1. The van der Waals surface area contributed by atoms with Gasteiger partial charge in [0.2, 0.25) is 0 Å². The molecule has 0 N–H and O–H groups in total. The number of morpholine rings is 1. The fourth-order valence-corrected chi connectivity index (χ4v) is 3.77. The summed E-state index contributed by atoms with van der Waals surface area (Å²) in [6.07, 6.45) is 2.13. The van der Waals surface area contributed by atoms with Gasteiger partial charge >= 0.3 is 0 Å². The summed E-state index contributed by atoms with van der Waals surface area (Å²) in [5, 5.41) is 0. The van der Waals surface area contributed by atoms with Gasteiger partial charge in [-0.25, -0.2) is 0 Å². The summed E-state index contributed by atoms with van der Waals surface area (Å²) in [7, 11) is 0. The van der Waals surface area contributed by atoms with Crippen LogP contribution in [0.5, 0.6) is 0 Å². The zero-order valence-electron chi connectivity index (χ0n) is 9.87. The maximum Gasteiger partial charge on any atom is 0.264 e. The highest BCUT2D eigenvalue weighted by Crippen LogP contribution is 2.29. The number of hydrogen-bond donors (Lipinski definition) is 0. The van der Waals surface area contributed by atoms with E-state index in [-0.39, 0.29) is 5.91 Å². The minimum absolute atomic E-state index is 0.140. The lowest BCUT2D eigenvalue weighted by Gasteiger charge is -2.26. The van der Waals surface area contributed by atoms with E-state index in [0.29, 0.717) is 26.3 Å². The molecule has 2 heterocycles. The maximum absolute atomic E-state index is 12.2. The molecule has 1 aromatic rings. The van der Waals surface area contributed by atoms with Crippen molar-refractivity contribution in [3.8, 4) is 0 Å². The second kappa shape index (κ2) is 5.98. The number of amides is 1. The smallest absolute Gasteiger partial charge is 0.264 e. The largest absolute Gasteiger partial charge is 0.378 e. The van der Waals surface area contributed by atoms with E-state index in [4.69, 9.17) is 4.74 Å². The number of rotatable bonds is 3. The van der Waals surface area contributed by atoms with Gasteiger partial charge in [-0.05, 0) is 28.4 Å². The first-order valence-corrected chi connectivity index (χ1v) is 7.48. The monoisotopic (exact) mass is 317 g/mol. The van der Waals surface area contributed by atoms with Crippen LogP contribution in [-0.4, -0.2) is 37.1 Å². The Morgan fingerprint density at radius 1 is 1.53 bits per heavy atom. The van der Waals surface area contributed by atoms with Gasteiger partial charge in [0.05, 0.1) is 18.1 Å². The molecule has 1 amide bonds. The molecule has 2 rings (SSSR count). The van der Waals surface area contributed by atoms with E-state index in [1.165, 1.54) is 4.88 Å². The minimum Gasteiger partial charge on any atom is -0.378 e. The number of thiophene rings is 1. The molecule has 0 aliphatic carbocycles. The number of carbonyl (C=O) groups excluding carboxylic acids is 1. The molecule has 0 atom stereocenters. The van der Waals surface area contributed by atoms with Gasteiger partial charge in [-0.2, -0.15) is 0 Å². The summed E-state index contributed by atoms with van der Waals surface area (Å²) in [6, 6.07) is 1.95. The van der Waals surface area contributed by atoms with E-state index in [2.05, 4.69) is 22.9 Å². The van der Waals surface area contributed by atoms with Gasteiger partial charge in [0, 0.05) is 22.4 Å². The fraction of sp³-hybridized carbons (Fsp3) is 0.583. The highest BCUT2D eigenvalue weighted by atomic mass is 79.9. The van der Waals surface area contributed by atoms with E-state index in [1.807, 2.05) is 11.0 Å². The van der Waals surface area contributed by atoms with E-state index in [0.717, 1.165) is 22.2 Å². The highest BCUT2D eigenvalue weighted by Gasteiger charge is 2.21. The Morgan fingerprint density at radius 2 is 2.24 bits per heavy atom. The van der Waals surface area contributed by atoms with Gasteiger partial charge < -0.3 is 9.64 Å². The second-order valence-corrected chi connectivity index (χ2v) is 6.03. The zero-order chi connectivity index (χ0) is 12.3. The molecule has 1 aromatic heterocycles. The molecule has 1 aliphatic heterocycles. The molecular formula is C12H16BrNO2S. The Labute approximate surface area is 114 Å². The molecule has 3 nitrogen and oxygen atoms in total. The topological polar surface area (TPSA) is 29.5 Å². The Kier molecular flexibility index (Phi) is 4.59. The van der Waals surface area contributed by atoms with E-state index in [1.54, 1.807) is 11.3 Å². The maximum atomic E-state index is 12.2. The van der Waals surface area contributed by atoms with Gasteiger partial charge in [-0.3, -0.25) is 4.79 Å². The Balaban J connectivity index is 2.10. The first-order valence-electron chi connectivity index (χ1n) is 5.87. The van der Waals surface area contributed by atoms with Crippen LogP contribution in [0.25, 0.3) is 0 Å². The molecule has 5 heteroatoms. The summed E-state index contributed by atoms with van der Waals surface area (Å²) in [5.74, 6) is 0.140. The normalized spacial score (nSPS) is 16.2. The molecule has 1 fully saturated rings. The lowest BCUT2D eigenvalue weighted by Crippen LogP contribution is -2.40. The number of hydrogen-bond acceptors (Lipinski definition) is 3. The fourth-order valence-electron chi connectivity index (χ4n) is 1.83. The summed E-state index contributed by atoms with van der Waals surface area (Å²) in [5.41, 5.74) is 0. The average Bonchev–Trinajstić information content (AvgIpc) is 2.72. The van der Waals surface area contributed by atoms with Crippen molar-refractivity contribution < 1.29 is 9.53 Å². The van der Waals surface area contributed by atoms with E-state index in [9.17, 15) is 4.79 Å². The van der Waals surface area contributed by atoms with Crippen molar-refractivity contribution in [2.24, 2.45) is 0 Å². The molecular weight excluding hydrogens is 302 g/mol. The van der Waals surface area contributed by atoms with Gasteiger partial charge in [0.25, 0.3) is 5.91 Å². The average molecular weight is 318 g/mol. The van der Waals surface area contributed by atoms with Crippen LogP contribution >= 0.6 is 27.3 Å². The van der Waals surface area contributed by atoms with Gasteiger partial charge in [-0.1, -0.05) is 13.3 Å². The molecule has 1 saturated heterocycles. The van der Waals surface area contributed by atoms with Crippen LogP contribution in [0.1, 0.15) is 27.9 Å². The van der Waals surface area contributed by atoms with Crippen LogP contribution in [0, 0.1) is 0 Å². The molecule has 0 bridgehead atoms. The van der Waals surface area contributed by atoms with Crippen LogP contribution in [0.4, 0.5) is 0 Å². The van der Waals surface area contributed by atoms with Crippen molar-refractivity contribution in [3.05, 3.63) is 20.3 Å². The van der Waals surface area contributed by atoms with E-state index < -0.39 is 0 Å². The summed E-state index contributed by atoms with van der Waals surface area (Å²) in [4.78, 5) is 16.2. The third kappa shape index (κ3) is 3.09. The second-order valence-electron chi connectivity index (χ2n) is 4.04. The number of nitrogens with zero attached hydrogens (tertiary/aromatic N) is 1. The third-order valence-electron chi connectivity index (χ3n) is 2.74. The quantitative estimate of drug-likeness (QED) is 0.857. The third-order valence-corrected chi connectivity index (χ3v) is 4.90. The lowest BCUT2D eigenvalue weighted by atomic mass is 10.3. The van der Waals surface area contributed by atoms with Crippen molar-refractivity contribution in [2.45, 2.75) is 19.8 Å². The van der Waals surface area contributed by atoms with Crippen molar-refractivity contribution in [3.63, 3.8) is 0 Å². The van der Waals surface area contributed by atoms with Crippen LogP contribution in [0.3, 0.4) is 0 Å². The predicted molar refractivity (Wildman–Crippen MR) is 72.7 cm³/mol. The van der Waals surface area contributed by atoms with Crippen molar-refractivity contribution in [1.82, 2.24) is 4.90 Å². The Bertz CT molecular complexity index is 399. The lowest BCUT2D eigenvalue weighted by molar-refractivity contribution is 0.0306. The Hall–Kier alpha value is -0.390. The number of aryl methyl sites for hydroxylation is 1. The molecule has 17 heavy (non-hydrogen) atoms. The summed E-state index contributed by atoms with van der Waals surface area (Å²) < 4.78 is 6.32. The van der Waals surface area contributed by atoms with Crippen LogP contribution in [0.15, 0.2) is 10.5 Å². The zero-order valence-corrected chi connectivity index (χ0v) is 12.3. The van der Waals surface area contributed by atoms with Crippen LogP contribution < -0.4 is 0 Å². The van der Waals surface area contributed by atoms with Gasteiger partial charge in [-0.15, -0.1) is 11.3 Å². The summed E-state index contributed by atoms with van der Waals surface area (Å²) in [6.45, 7) is 4.87. The van der Waals surface area contributed by atoms with E-state index >= 15 is 0 Å². The first-order chi connectivity index (χ1) is 8.22. The molecule has 0 spiro atoms. The highest BCUT2D eigenvalue weighted by molar-refractivity contribution is 9.10.